The van der Waals surface area contributed by atoms with Crippen molar-refractivity contribution in [1.82, 2.24) is 4.90 Å². The van der Waals surface area contributed by atoms with Crippen molar-refractivity contribution in [1.29, 1.82) is 0 Å². The van der Waals surface area contributed by atoms with Gasteiger partial charge in [0.2, 0.25) is 0 Å². The number of carboxylic acid groups (broad SMARTS) is 1. The van der Waals surface area contributed by atoms with Crippen LogP contribution in [0.5, 0.6) is 0 Å². The Hall–Kier alpha value is -2.03. The van der Waals surface area contributed by atoms with E-state index in [2.05, 4.69) is 17.1 Å². The summed E-state index contributed by atoms with van der Waals surface area (Å²) in [7, 11) is 0. The number of carbonyl (C=O) groups is 1. The molecule has 0 aliphatic carbocycles. The van der Waals surface area contributed by atoms with Gasteiger partial charge in [-0.05, 0) is 17.5 Å². The van der Waals surface area contributed by atoms with Crippen LogP contribution in [0.1, 0.15) is 17.5 Å². The predicted molar refractivity (Wildman–Crippen MR) is 66.2 cm³/mol. The quantitative estimate of drug-likeness (QED) is 0.862. The van der Waals surface area contributed by atoms with Gasteiger partial charge in [0.1, 0.15) is 0 Å². The zero-order chi connectivity index (χ0) is 12.1. The summed E-state index contributed by atoms with van der Waals surface area (Å²) in [6.45, 7) is 0.719. The van der Waals surface area contributed by atoms with Crippen LogP contribution in [-0.2, 0) is 17.8 Å². The molecule has 0 atom stereocenters. The first-order valence-corrected chi connectivity index (χ1v) is 5.63. The maximum Gasteiger partial charge on any atom is 0.307 e. The van der Waals surface area contributed by atoms with E-state index >= 15 is 0 Å². The van der Waals surface area contributed by atoms with E-state index in [1.807, 2.05) is 36.7 Å². The zero-order valence-corrected chi connectivity index (χ0v) is 9.54. The summed E-state index contributed by atoms with van der Waals surface area (Å²) >= 11 is 0. The van der Waals surface area contributed by atoms with Gasteiger partial charge in [0.05, 0.1) is 6.42 Å². The van der Waals surface area contributed by atoms with E-state index in [1.54, 1.807) is 0 Å². The van der Waals surface area contributed by atoms with Crippen molar-refractivity contribution >= 4 is 5.97 Å². The molecule has 0 amide bonds. The minimum absolute atomic E-state index is 0.0808. The SMILES string of the molecule is O=C(O)Cc1ccccc1CN1C=CCC=C1. The second kappa shape index (κ2) is 5.34. The van der Waals surface area contributed by atoms with Crippen LogP contribution in [0.2, 0.25) is 0 Å². The van der Waals surface area contributed by atoms with Crippen LogP contribution in [0.25, 0.3) is 0 Å². The van der Waals surface area contributed by atoms with E-state index < -0.39 is 5.97 Å². The Bertz CT molecular complexity index is 451. The molecule has 0 spiro atoms. The van der Waals surface area contributed by atoms with Crippen molar-refractivity contribution in [2.45, 2.75) is 19.4 Å². The van der Waals surface area contributed by atoms with Gasteiger partial charge in [0.15, 0.2) is 0 Å². The molecule has 0 radical (unpaired) electrons. The van der Waals surface area contributed by atoms with Crippen LogP contribution < -0.4 is 0 Å². The van der Waals surface area contributed by atoms with Gasteiger partial charge in [-0.2, -0.15) is 0 Å². The third kappa shape index (κ3) is 3.21. The fraction of sp³-hybridized carbons (Fsp3) is 0.214. The lowest BCUT2D eigenvalue weighted by molar-refractivity contribution is -0.136. The van der Waals surface area contributed by atoms with E-state index in [0.29, 0.717) is 0 Å². The first-order valence-electron chi connectivity index (χ1n) is 5.63. The largest absolute Gasteiger partial charge is 0.481 e. The standard InChI is InChI=1S/C14H15NO2/c16-14(17)10-12-6-2-3-7-13(12)11-15-8-4-1-5-9-15/h2-9H,1,10-11H2,(H,16,17). The Morgan fingerprint density at radius 1 is 1.18 bits per heavy atom. The molecule has 1 N–H and O–H groups in total. The molecular formula is C14H15NO2. The van der Waals surface area contributed by atoms with Crippen molar-refractivity contribution in [3.63, 3.8) is 0 Å². The predicted octanol–water partition coefficient (Wildman–Crippen LogP) is 2.55. The van der Waals surface area contributed by atoms with Gasteiger partial charge in [0.25, 0.3) is 0 Å². The number of hydrogen-bond donors (Lipinski definition) is 1. The van der Waals surface area contributed by atoms with Crippen molar-refractivity contribution in [3.8, 4) is 0 Å². The summed E-state index contributed by atoms with van der Waals surface area (Å²) in [6.07, 6.45) is 9.26. The van der Waals surface area contributed by atoms with Crippen LogP contribution in [-0.4, -0.2) is 16.0 Å². The lowest BCUT2D eigenvalue weighted by Crippen LogP contribution is -2.13. The number of carboxylic acids is 1. The van der Waals surface area contributed by atoms with Gasteiger partial charge in [-0.15, -0.1) is 0 Å². The number of rotatable bonds is 4. The topological polar surface area (TPSA) is 40.5 Å². The van der Waals surface area contributed by atoms with E-state index in [0.717, 1.165) is 24.1 Å². The molecule has 0 fully saturated rings. The molecule has 17 heavy (non-hydrogen) atoms. The Morgan fingerprint density at radius 2 is 1.82 bits per heavy atom. The second-order valence-electron chi connectivity index (χ2n) is 4.02. The van der Waals surface area contributed by atoms with Gasteiger partial charge in [0, 0.05) is 18.9 Å². The Labute approximate surface area is 101 Å². The molecule has 0 unspecified atom stereocenters. The summed E-state index contributed by atoms with van der Waals surface area (Å²) in [4.78, 5) is 12.8. The lowest BCUT2D eigenvalue weighted by atomic mass is 10.0. The van der Waals surface area contributed by atoms with Crippen molar-refractivity contribution in [2.24, 2.45) is 0 Å². The fourth-order valence-electron chi connectivity index (χ4n) is 1.87. The minimum atomic E-state index is -0.790. The van der Waals surface area contributed by atoms with Gasteiger partial charge >= 0.3 is 5.97 Å². The highest BCUT2D eigenvalue weighted by Crippen LogP contribution is 2.15. The molecule has 1 aromatic carbocycles. The second-order valence-corrected chi connectivity index (χ2v) is 4.02. The Morgan fingerprint density at radius 3 is 2.47 bits per heavy atom. The highest BCUT2D eigenvalue weighted by atomic mass is 16.4. The lowest BCUT2D eigenvalue weighted by Gasteiger charge is -2.19. The van der Waals surface area contributed by atoms with Crippen LogP contribution in [0.15, 0.2) is 48.8 Å². The molecule has 0 saturated heterocycles. The molecule has 3 nitrogen and oxygen atoms in total. The maximum absolute atomic E-state index is 10.8. The van der Waals surface area contributed by atoms with Crippen LogP contribution >= 0.6 is 0 Å². The maximum atomic E-state index is 10.8. The number of aliphatic carboxylic acids is 1. The molecule has 3 heteroatoms. The third-order valence-corrected chi connectivity index (χ3v) is 2.68. The van der Waals surface area contributed by atoms with E-state index in [4.69, 9.17) is 5.11 Å². The number of nitrogens with zero attached hydrogens (tertiary/aromatic N) is 1. The van der Waals surface area contributed by atoms with E-state index in [9.17, 15) is 4.79 Å². The highest BCUT2D eigenvalue weighted by Gasteiger charge is 2.08. The third-order valence-electron chi connectivity index (χ3n) is 2.68. The highest BCUT2D eigenvalue weighted by molar-refractivity contribution is 5.70. The van der Waals surface area contributed by atoms with Gasteiger partial charge in [-0.25, -0.2) is 0 Å². The monoisotopic (exact) mass is 229 g/mol. The molecule has 1 aliphatic rings. The van der Waals surface area contributed by atoms with E-state index in [1.165, 1.54) is 0 Å². The van der Waals surface area contributed by atoms with Crippen molar-refractivity contribution in [3.05, 3.63) is 59.9 Å². The molecule has 1 aromatic rings. The number of benzene rings is 1. The first kappa shape index (κ1) is 11.5. The number of allylic oxidation sites excluding steroid dienone is 2. The van der Waals surface area contributed by atoms with E-state index in [-0.39, 0.29) is 6.42 Å². The molecule has 2 rings (SSSR count). The molecule has 0 bridgehead atoms. The minimum Gasteiger partial charge on any atom is -0.481 e. The van der Waals surface area contributed by atoms with Crippen LogP contribution in [0, 0.1) is 0 Å². The summed E-state index contributed by atoms with van der Waals surface area (Å²) < 4.78 is 0. The molecule has 0 saturated carbocycles. The number of hydrogen-bond acceptors (Lipinski definition) is 2. The molecule has 1 heterocycles. The summed E-state index contributed by atoms with van der Waals surface area (Å²) in [5.74, 6) is -0.790. The van der Waals surface area contributed by atoms with Crippen LogP contribution in [0.3, 0.4) is 0 Å². The Kier molecular flexibility index (Phi) is 3.60. The summed E-state index contributed by atoms with van der Waals surface area (Å²) in [6, 6.07) is 7.68. The first-order chi connectivity index (χ1) is 8.25. The van der Waals surface area contributed by atoms with Gasteiger partial charge < -0.3 is 10.0 Å². The molecule has 1 aliphatic heterocycles. The smallest absolute Gasteiger partial charge is 0.307 e. The normalized spacial score (nSPS) is 14.0. The summed E-state index contributed by atoms with van der Waals surface area (Å²) in [5.41, 5.74) is 1.94. The van der Waals surface area contributed by atoms with Crippen molar-refractivity contribution < 1.29 is 9.90 Å². The van der Waals surface area contributed by atoms with Gasteiger partial charge in [-0.3, -0.25) is 4.79 Å². The average Bonchev–Trinajstić information content (AvgIpc) is 2.32. The van der Waals surface area contributed by atoms with Crippen molar-refractivity contribution in [2.75, 3.05) is 0 Å². The molecular weight excluding hydrogens is 214 g/mol. The average molecular weight is 229 g/mol. The zero-order valence-electron chi connectivity index (χ0n) is 9.54. The molecule has 88 valence electrons. The van der Waals surface area contributed by atoms with Gasteiger partial charge in [-0.1, -0.05) is 36.4 Å². The summed E-state index contributed by atoms with van der Waals surface area (Å²) in [5, 5.41) is 8.86. The molecule has 0 aromatic heterocycles. The van der Waals surface area contributed by atoms with Crippen LogP contribution in [0.4, 0.5) is 0 Å². The Balaban J connectivity index is 2.14. The fourth-order valence-corrected chi connectivity index (χ4v) is 1.87.